The van der Waals surface area contributed by atoms with Crippen molar-refractivity contribution >= 4 is 22.8 Å². The number of ether oxygens (including phenoxy) is 1. The Balaban J connectivity index is 1.34. The lowest BCUT2D eigenvalue weighted by atomic mass is 9.93. The SMILES string of the molecule is CC1N(Cl)CCN(CCCCOc2ccc3ccc(=O)[nH]c3n2)C1(F)c1ccccc1. The number of fused-ring (bicyclic) bond motifs is 1. The minimum atomic E-state index is -1.64. The van der Waals surface area contributed by atoms with E-state index in [2.05, 4.69) is 9.97 Å². The van der Waals surface area contributed by atoms with Crippen molar-refractivity contribution in [1.29, 1.82) is 0 Å². The number of hydrogen-bond acceptors (Lipinski definition) is 5. The molecule has 0 saturated carbocycles. The van der Waals surface area contributed by atoms with Crippen LogP contribution in [-0.4, -0.2) is 51.6 Å². The number of nitrogens with zero attached hydrogens (tertiary/aromatic N) is 3. The lowest BCUT2D eigenvalue weighted by molar-refractivity contribution is -0.116. The average Bonchev–Trinajstić information content (AvgIpc) is 2.79. The van der Waals surface area contributed by atoms with Crippen molar-refractivity contribution in [3.63, 3.8) is 0 Å². The van der Waals surface area contributed by atoms with E-state index in [-0.39, 0.29) is 5.56 Å². The highest BCUT2D eigenvalue weighted by Gasteiger charge is 2.49. The molecule has 0 radical (unpaired) electrons. The van der Waals surface area contributed by atoms with Crippen LogP contribution in [0.25, 0.3) is 11.0 Å². The zero-order chi connectivity index (χ0) is 21.8. The summed E-state index contributed by atoms with van der Waals surface area (Å²) in [5.74, 6) is -1.18. The number of rotatable bonds is 7. The Morgan fingerprint density at radius 2 is 1.94 bits per heavy atom. The molecular formula is C23H26ClFN4O2. The Kier molecular flexibility index (Phi) is 6.55. The van der Waals surface area contributed by atoms with Gasteiger partial charge >= 0.3 is 0 Å². The van der Waals surface area contributed by atoms with Gasteiger partial charge in [0.1, 0.15) is 5.65 Å². The van der Waals surface area contributed by atoms with Crippen molar-refractivity contribution in [2.75, 3.05) is 26.2 Å². The summed E-state index contributed by atoms with van der Waals surface area (Å²) in [7, 11) is 0. The summed E-state index contributed by atoms with van der Waals surface area (Å²) in [5.41, 5.74) is 0.929. The molecule has 0 aliphatic carbocycles. The quantitative estimate of drug-likeness (QED) is 0.338. The third-order valence-corrected chi connectivity index (χ3v) is 6.29. The number of H-pyrrole nitrogens is 1. The van der Waals surface area contributed by atoms with Gasteiger partial charge in [0, 0.05) is 42.7 Å². The Morgan fingerprint density at radius 3 is 2.74 bits per heavy atom. The zero-order valence-corrected chi connectivity index (χ0v) is 18.2. The first-order valence-electron chi connectivity index (χ1n) is 10.5. The topological polar surface area (TPSA) is 61.5 Å². The molecular weight excluding hydrogens is 419 g/mol. The fourth-order valence-corrected chi connectivity index (χ4v) is 4.27. The fraction of sp³-hybridized carbons (Fsp3) is 0.391. The molecule has 31 heavy (non-hydrogen) atoms. The van der Waals surface area contributed by atoms with Gasteiger partial charge in [0.05, 0.1) is 12.6 Å². The zero-order valence-electron chi connectivity index (χ0n) is 17.4. The lowest BCUT2D eigenvalue weighted by Gasteiger charge is -2.48. The highest BCUT2D eigenvalue weighted by Crippen LogP contribution is 2.40. The van der Waals surface area contributed by atoms with E-state index < -0.39 is 11.8 Å². The first-order valence-corrected chi connectivity index (χ1v) is 10.9. The lowest BCUT2D eigenvalue weighted by Crippen LogP contribution is -2.60. The normalized spacial score (nSPS) is 22.6. The maximum absolute atomic E-state index is 16.3. The Bertz CT molecular complexity index is 1080. The number of alkyl halides is 1. The summed E-state index contributed by atoms with van der Waals surface area (Å²) >= 11 is 6.29. The van der Waals surface area contributed by atoms with Gasteiger partial charge in [0.25, 0.3) is 0 Å². The first-order chi connectivity index (χ1) is 15.0. The van der Waals surface area contributed by atoms with E-state index in [1.165, 1.54) is 6.07 Å². The molecule has 0 bridgehead atoms. The number of hydrogen-bond donors (Lipinski definition) is 1. The minimum absolute atomic E-state index is 0.198. The molecule has 0 spiro atoms. The summed E-state index contributed by atoms with van der Waals surface area (Å²) in [5, 5.41) is 0.847. The van der Waals surface area contributed by atoms with Crippen LogP contribution in [0.1, 0.15) is 25.3 Å². The average molecular weight is 445 g/mol. The fourth-order valence-electron chi connectivity index (χ4n) is 4.06. The molecule has 3 heterocycles. The molecule has 8 heteroatoms. The van der Waals surface area contributed by atoms with Crippen LogP contribution in [0.5, 0.6) is 5.88 Å². The van der Waals surface area contributed by atoms with Gasteiger partial charge in [-0.2, -0.15) is 4.98 Å². The molecule has 2 aromatic heterocycles. The van der Waals surface area contributed by atoms with Crippen molar-refractivity contribution in [3.05, 3.63) is 70.5 Å². The second-order valence-corrected chi connectivity index (χ2v) is 8.23. The number of halogens is 2. The van der Waals surface area contributed by atoms with E-state index in [1.54, 1.807) is 16.6 Å². The van der Waals surface area contributed by atoms with Crippen LogP contribution in [0.4, 0.5) is 4.39 Å². The van der Waals surface area contributed by atoms with Gasteiger partial charge in [-0.15, -0.1) is 0 Å². The summed E-state index contributed by atoms with van der Waals surface area (Å²) in [4.78, 5) is 20.4. The van der Waals surface area contributed by atoms with Gasteiger partial charge in [-0.25, -0.2) is 8.81 Å². The molecule has 4 rings (SSSR count). The van der Waals surface area contributed by atoms with E-state index >= 15 is 4.39 Å². The summed E-state index contributed by atoms with van der Waals surface area (Å²) in [6.45, 7) is 4.05. The van der Waals surface area contributed by atoms with E-state index in [0.717, 1.165) is 18.2 Å². The number of aromatic nitrogens is 2. The number of unbranched alkanes of at least 4 members (excludes halogenated alkanes) is 1. The van der Waals surface area contributed by atoms with Crippen molar-refractivity contribution in [2.45, 2.75) is 31.6 Å². The predicted octanol–water partition coefficient (Wildman–Crippen LogP) is 4.06. The van der Waals surface area contributed by atoms with Crippen LogP contribution in [0.15, 0.2) is 59.4 Å². The largest absolute Gasteiger partial charge is 0.478 e. The number of aromatic amines is 1. The van der Waals surface area contributed by atoms with Gasteiger partial charge in [-0.05, 0) is 43.7 Å². The molecule has 1 N–H and O–H groups in total. The van der Waals surface area contributed by atoms with Crippen molar-refractivity contribution in [1.82, 2.24) is 19.3 Å². The summed E-state index contributed by atoms with van der Waals surface area (Å²) in [6.07, 6.45) is 1.53. The first kappa shape index (κ1) is 21.7. The molecule has 3 aromatic rings. The van der Waals surface area contributed by atoms with Crippen LogP contribution in [0.2, 0.25) is 0 Å². The standard InChI is InChI=1S/C23H26ClFN4O2/c1-17-23(25,19-7-3-2-4-8-19)28(14-15-29(17)24)13-5-6-16-31-21-12-10-18-9-11-20(30)26-22(18)27-21/h2-4,7-12,17H,5-6,13-16H2,1H3,(H,26,27,30). The smallest absolute Gasteiger partial charge is 0.249 e. The van der Waals surface area contributed by atoms with Crippen LogP contribution in [-0.2, 0) is 5.79 Å². The van der Waals surface area contributed by atoms with Gasteiger partial charge in [0.15, 0.2) is 0 Å². The third-order valence-electron chi connectivity index (χ3n) is 5.83. The Labute approximate surface area is 185 Å². The number of benzene rings is 1. The molecule has 1 saturated heterocycles. The maximum Gasteiger partial charge on any atom is 0.249 e. The predicted molar refractivity (Wildman–Crippen MR) is 120 cm³/mol. The van der Waals surface area contributed by atoms with E-state index in [9.17, 15) is 4.79 Å². The van der Waals surface area contributed by atoms with E-state index in [1.807, 2.05) is 48.2 Å². The molecule has 1 aromatic carbocycles. The maximum atomic E-state index is 16.3. The van der Waals surface area contributed by atoms with Gasteiger partial charge in [-0.1, -0.05) is 30.3 Å². The highest BCUT2D eigenvalue weighted by atomic mass is 35.5. The molecule has 6 nitrogen and oxygen atoms in total. The highest BCUT2D eigenvalue weighted by molar-refractivity contribution is 6.13. The van der Waals surface area contributed by atoms with Crippen molar-refractivity contribution in [2.24, 2.45) is 0 Å². The van der Waals surface area contributed by atoms with E-state index in [0.29, 0.717) is 43.3 Å². The monoisotopic (exact) mass is 444 g/mol. The molecule has 1 fully saturated rings. The summed E-state index contributed by atoms with van der Waals surface area (Å²) in [6, 6.07) is 15.6. The molecule has 1 aliphatic heterocycles. The second kappa shape index (κ2) is 9.34. The van der Waals surface area contributed by atoms with Gasteiger partial charge in [0.2, 0.25) is 17.2 Å². The van der Waals surface area contributed by atoms with Gasteiger partial charge < -0.3 is 9.72 Å². The van der Waals surface area contributed by atoms with Gasteiger partial charge in [-0.3, -0.25) is 9.69 Å². The molecule has 164 valence electrons. The molecule has 1 aliphatic rings. The number of piperazine rings is 1. The molecule has 0 amide bonds. The minimum Gasteiger partial charge on any atom is -0.478 e. The number of pyridine rings is 2. The Hall–Kier alpha value is -2.48. The van der Waals surface area contributed by atoms with Crippen LogP contribution < -0.4 is 10.3 Å². The van der Waals surface area contributed by atoms with Crippen molar-refractivity contribution < 1.29 is 9.13 Å². The Morgan fingerprint density at radius 1 is 1.16 bits per heavy atom. The second-order valence-electron chi connectivity index (χ2n) is 7.79. The van der Waals surface area contributed by atoms with Crippen LogP contribution >= 0.6 is 11.8 Å². The number of nitrogens with one attached hydrogen (secondary N) is 1. The molecule has 2 atom stereocenters. The van der Waals surface area contributed by atoms with Crippen molar-refractivity contribution in [3.8, 4) is 5.88 Å². The summed E-state index contributed by atoms with van der Waals surface area (Å²) < 4.78 is 23.6. The van der Waals surface area contributed by atoms with Crippen LogP contribution in [0.3, 0.4) is 0 Å². The third kappa shape index (κ3) is 4.59. The molecule has 2 unspecified atom stereocenters. The van der Waals surface area contributed by atoms with E-state index in [4.69, 9.17) is 16.5 Å². The van der Waals surface area contributed by atoms with Crippen LogP contribution in [0, 0.1) is 0 Å².